The first-order chi connectivity index (χ1) is 15.7. The lowest BCUT2D eigenvalue weighted by molar-refractivity contribution is -0.184. The molecule has 1 aromatic carbocycles. The van der Waals surface area contributed by atoms with Crippen LogP contribution in [0.5, 0.6) is 0 Å². The number of unbranched alkanes of at least 4 members (excludes halogenated alkanes) is 1. The largest absolute Gasteiger partial charge is 0.336 e. The van der Waals surface area contributed by atoms with Gasteiger partial charge in [-0.25, -0.2) is 14.8 Å². The molecule has 1 aromatic rings. The van der Waals surface area contributed by atoms with E-state index in [1.54, 1.807) is 28.9 Å². The molecule has 4 amide bonds. The van der Waals surface area contributed by atoms with Crippen LogP contribution in [0, 0.1) is 5.92 Å². The van der Waals surface area contributed by atoms with Gasteiger partial charge in [0.05, 0.1) is 13.1 Å². The smallest absolute Gasteiger partial charge is 0.334 e. The lowest BCUT2D eigenvalue weighted by Crippen LogP contribution is -2.76. The van der Waals surface area contributed by atoms with Crippen molar-refractivity contribution in [3.05, 3.63) is 48.0 Å². The number of urea groups is 1. The zero-order valence-electron chi connectivity index (χ0n) is 20.3. The van der Waals surface area contributed by atoms with Crippen LogP contribution in [0.15, 0.2) is 42.5 Å². The van der Waals surface area contributed by atoms with Gasteiger partial charge in [0.15, 0.2) is 0 Å². The maximum atomic E-state index is 13.4. The van der Waals surface area contributed by atoms with Crippen LogP contribution >= 0.6 is 0 Å². The Morgan fingerprint density at radius 3 is 2.58 bits per heavy atom. The number of fused-ring (bicyclic) bond motifs is 1. The van der Waals surface area contributed by atoms with Gasteiger partial charge in [0.25, 0.3) is 0 Å². The molecule has 8 nitrogen and oxygen atoms in total. The van der Waals surface area contributed by atoms with Crippen LogP contribution in [0.1, 0.15) is 45.6 Å². The van der Waals surface area contributed by atoms with Gasteiger partial charge in [-0.15, -0.1) is 0 Å². The average Bonchev–Trinajstić information content (AvgIpc) is 2.77. The second-order valence-electron chi connectivity index (χ2n) is 9.33. The second-order valence-corrected chi connectivity index (χ2v) is 9.33. The Kier molecular flexibility index (Phi) is 8.13. The highest BCUT2D eigenvalue weighted by Gasteiger charge is 2.51. The second kappa shape index (κ2) is 10.8. The standard InChI is InChI=1S/C25H37N5O3/c1-6-7-11-19(4)15-28-16-21-29(23(18(2)3)24(28)32)22(31)17-27(5)30(21)25(33)26-14-20-12-9-8-10-13-20/h8-10,12-13,19,21,23H,2,6-7,11,14-17H2,1,3-5H3,(H,26,33)/t19?,21?,23-/m0/s1. The molecule has 2 unspecified atom stereocenters. The van der Waals surface area contributed by atoms with Gasteiger partial charge < -0.3 is 15.1 Å². The number of nitrogens with zero attached hydrogens (tertiary/aromatic N) is 4. The minimum absolute atomic E-state index is 0.0270. The first-order valence-corrected chi connectivity index (χ1v) is 11.8. The number of hydrogen-bond donors (Lipinski definition) is 1. The first kappa shape index (κ1) is 24.8. The minimum atomic E-state index is -0.757. The molecule has 0 radical (unpaired) electrons. The first-order valence-electron chi connectivity index (χ1n) is 11.8. The highest BCUT2D eigenvalue weighted by molar-refractivity contribution is 5.93. The molecule has 0 spiro atoms. The van der Waals surface area contributed by atoms with E-state index in [0.29, 0.717) is 24.6 Å². The van der Waals surface area contributed by atoms with E-state index in [4.69, 9.17) is 0 Å². The average molecular weight is 456 g/mol. The van der Waals surface area contributed by atoms with Gasteiger partial charge in [-0.05, 0) is 30.4 Å². The Hall–Kier alpha value is -2.87. The van der Waals surface area contributed by atoms with Gasteiger partial charge >= 0.3 is 6.03 Å². The molecule has 180 valence electrons. The highest BCUT2D eigenvalue weighted by Crippen LogP contribution is 2.29. The van der Waals surface area contributed by atoms with Crippen molar-refractivity contribution < 1.29 is 14.4 Å². The molecule has 3 rings (SSSR count). The molecule has 33 heavy (non-hydrogen) atoms. The number of nitrogens with one attached hydrogen (secondary N) is 1. The summed E-state index contributed by atoms with van der Waals surface area (Å²) in [4.78, 5) is 43.1. The Bertz CT molecular complexity index is 874. The molecular formula is C25H37N5O3. The summed E-state index contributed by atoms with van der Waals surface area (Å²) in [6, 6.07) is 8.64. The van der Waals surface area contributed by atoms with Crippen LogP contribution in [-0.2, 0) is 16.1 Å². The fourth-order valence-corrected chi connectivity index (χ4v) is 4.70. The molecule has 2 heterocycles. The number of carbonyl (C=O) groups excluding carboxylic acids is 3. The Morgan fingerprint density at radius 1 is 1.24 bits per heavy atom. The summed E-state index contributed by atoms with van der Waals surface area (Å²) >= 11 is 0. The number of carbonyl (C=O) groups is 3. The monoisotopic (exact) mass is 455 g/mol. The lowest BCUT2D eigenvalue weighted by atomic mass is 9.98. The molecule has 0 aromatic heterocycles. The van der Waals surface area contributed by atoms with Gasteiger partial charge in [-0.3, -0.25) is 9.59 Å². The van der Waals surface area contributed by atoms with Crippen molar-refractivity contribution in [2.45, 2.75) is 58.8 Å². The summed E-state index contributed by atoms with van der Waals surface area (Å²) in [5, 5.41) is 6.19. The summed E-state index contributed by atoms with van der Waals surface area (Å²) in [6.45, 7) is 11.4. The third-order valence-corrected chi connectivity index (χ3v) is 6.37. The van der Waals surface area contributed by atoms with Crippen LogP contribution in [0.4, 0.5) is 4.79 Å². The molecule has 8 heteroatoms. The molecular weight excluding hydrogens is 418 g/mol. The summed E-state index contributed by atoms with van der Waals surface area (Å²) < 4.78 is 0. The van der Waals surface area contributed by atoms with Crippen LogP contribution in [0.3, 0.4) is 0 Å². The van der Waals surface area contributed by atoms with Crippen LogP contribution in [-0.4, -0.2) is 76.6 Å². The quantitative estimate of drug-likeness (QED) is 0.612. The number of hydrogen-bond acceptors (Lipinski definition) is 4. The summed E-state index contributed by atoms with van der Waals surface area (Å²) in [5.74, 6) is 0.0582. The van der Waals surface area contributed by atoms with E-state index >= 15 is 0 Å². The van der Waals surface area contributed by atoms with E-state index in [1.807, 2.05) is 35.2 Å². The molecule has 2 saturated heterocycles. The van der Waals surface area contributed by atoms with Gasteiger partial charge in [0.2, 0.25) is 11.8 Å². The van der Waals surface area contributed by atoms with E-state index in [0.717, 1.165) is 24.8 Å². The fourth-order valence-electron chi connectivity index (χ4n) is 4.70. The van der Waals surface area contributed by atoms with Crippen LogP contribution in [0.25, 0.3) is 0 Å². The SMILES string of the molecule is C=C(C)[C@H]1C(=O)N(CC(C)CCCC)CC2N1C(=O)CN(C)N2C(=O)NCc1ccccc1. The van der Waals surface area contributed by atoms with Crippen molar-refractivity contribution in [1.29, 1.82) is 0 Å². The van der Waals surface area contributed by atoms with Gasteiger partial charge in [-0.2, -0.15) is 0 Å². The van der Waals surface area contributed by atoms with Crippen LogP contribution < -0.4 is 5.32 Å². The lowest BCUT2D eigenvalue weighted by Gasteiger charge is -2.54. The maximum absolute atomic E-state index is 13.4. The van der Waals surface area contributed by atoms with E-state index < -0.39 is 12.2 Å². The number of rotatable bonds is 8. The normalized spacial score (nSPS) is 22.2. The topological polar surface area (TPSA) is 76.2 Å². The third-order valence-electron chi connectivity index (χ3n) is 6.37. The molecule has 3 atom stereocenters. The highest BCUT2D eigenvalue weighted by atomic mass is 16.2. The number of benzene rings is 1. The molecule has 2 aliphatic heterocycles. The Balaban J connectivity index is 1.84. The fraction of sp³-hybridized carbons (Fsp3) is 0.560. The zero-order chi connectivity index (χ0) is 24.1. The zero-order valence-corrected chi connectivity index (χ0v) is 20.3. The molecule has 0 saturated carbocycles. The van der Waals surface area contributed by atoms with Gasteiger partial charge in [-0.1, -0.05) is 63.6 Å². The van der Waals surface area contributed by atoms with Crippen LogP contribution in [0.2, 0.25) is 0 Å². The number of likely N-dealkylation sites (N-methyl/N-ethyl adjacent to an activating group) is 1. The van der Waals surface area contributed by atoms with Gasteiger partial charge in [0, 0.05) is 20.1 Å². The van der Waals surface area contributed by atoms with Gasteiger partial charge in [0.1, 0.15) is 12.2 Å². The van der Waals surface area contributed by atoms with E-state index in [1.165, 1.54) is 0 Å². The summed E-state index contributed by atoms with van der Waals surface area (Å²) in [5.41, 5.74) is 1.60. The molecule has 0 aliphatic carbocycles. The van der Waals surface area contributed by atoms with E-state index in [9.17, 15) is 14.4 Å². The van der Waals surface area contributed by atoms with E-state index in [2.05, 4.69) is 25.7 Å². The third kappa shape index (κ3) is 5.55. The number of hydrazine groups is 1. The van der Waals surface area contributed by atoms with Crippen molar-refractivity contribution >= 4 is 17.8 Å². The van der Waals surface area contributed by atoms with Crippen molar-refractivity contribution in [2.24, 2.45) is 5.92 Å². The summed E-state index contributed by atoms with van der Waals surface area (Å²) in [7, 11) is 1.73. The predicted molar refractivity (Wildman–Crippen MR) is 128 cm³/mol. The molecule has 2 fully saturated rings. The Labute approximate surface area is 197 Å². The van der Waals surface area contributed by atoms with Crippen molar-refractivity contribution in [1.82, 2.24) is 25.1 Å². The molecule has 0 bridgehead atoms. The minimum Gasteiger partial charge on any atom is -0.336 e. The van der Waals surface area contributed by atoms with Crippen molar-refractivity contribution in [2.75, 3.05) is 26.7 Å². The summed E-state index contributed by atoms with van der Waals surface area (Å²) in [6.07, 6.45) is 2.67. The molecule has 2 aliphatic rings. The number of piperazine rings is 1. The van der Waals surface area contributed by atoms with Crippen molar-refractivity contribution in [3.63, 3.8) is 0 Å². The maximum Gasteiger partial charge on any atom is 0.334 e. The van der Waals surface area contributed by atoms with E-state index in [-0.39, 0.29) is 30.9 Å². The molecule has 1 N–H and O–H groups in total. The predicted octanol–water partition coefficient (Wildman–Crippen LogP) is 2.83. The van der Waals surface area contributed by atoms with Crippen molar-refractivity contribution in [3.8, 4) is 0 Å². The Morgan fingerprint density at radius 2 is 1.94 bits per heavy atom. The number of amides is 4.